The Hall–Kier alpha value is -6.48. The Labute approximate surface area is 307 Å². The van der Waals surface area contributed by atoms with E-state index in [4.69, 9.17) is 0 Å². The molecule has 0 unspecified atom stereocenters. The molecule has 1 heterocycles. The average Bonchev–Trinajstić information content (AvgIpc) is 3.60. The van der Waals surface area contributed by atoms with Crippen LogP contribution in [-0.2, 0) is 0 Å². The van der Waals surface area contributed by atoms with E-state index in [1.807, 2.05) is 11.3 Å². The zero-order valence-electron chi connectivity index (χ0n) is 28.4. The fraction of sp³-hybridized carbons (Fsp3) is 0. The molecular weight excluding hydrogens is 647 g/mol. The molecule has 0 N–H and O–H groups in total. The molecule has 0 saturated heterocycles. The van der Waals surface area contributed by atoms with Crippen LogP contribution in [0.5, 0.6) is 0 Å². The molecule has 10 aromatic rings. The van der Waals surface area contributed by atoms with Crippen molar-refractivity contribution in [2.45, 2.75) is 0 Å². The molecule has 0 aliphatic rings. The van der Waals surface area contributed by atoms with Crippen molar-refractivity contribution in [3.63, 3.8) is 0 Å². The Balaban J connectivity index is 1.02. The van der Waals surface area contributed by atoms with E-state index >= 15 is 0 Å². The van der Waals surface area contributed by atoms with Gasteiger partial charge >= 0.3 is 0 Å². The summed E-state index contributed by atoms with van der Waals surface area (Å²) in [4.78, 5) is 2.37. The Morgan fingerprint density at radius 1 is 0.288 bits per heavy atom. The lowest BCUT2D eigenvalue weighted by molar-refractivity contribution is 1.29. The highest BCUT2D eigenvalue weighted by molar-refractivity contribution is 7.25. The lowest BCUT2D eigenvalue weighted by Crippen LogP contribution is -2.09. The van der Waals surface area contributed by atoms with E-state index in [0.717, 1.165) is 17.1 Å². The van der Waals surface area contributed by atoms with Gasteiger partial charge in [-0.2, -0.15) is 0 Å². The highest BCUT2D eigenvalue weighted by Crippen LogP contribution is 2.42. The second-order valence-electron chi connectivity index (χ2n) is 13.3. The summed E-state index contributed by atoms with van der Waals surface area (Å²) in [7, 11) is 0. The minimum Gasteiger partial charge on any atom is -0.310 e. The van der Waals surface area contributed by atoms with Crippen molar-refractivity contribution in [2.75, 3.05) is 4.90 Å². The first-order valence-corrected chi connectivity index (χ1v) is 18.6. The number of hydrogen-bond acceptors (Lipinski definition) is 2. The van der Waals surface area contributed by atoms with Gasteiger partial charge in [-0.05, 0) is 110 Å². The minimum atomic E-state index is 1.12. The van der Waals surface area contributed by atoms with Crippen molar-refractivity contribution in [3.05, 3.63) is 200 Å². The lowest BCUT2D eigenvalue weighted by atomic mass is 9.92. The van der Waals surface area contributed by atoms with Gasteiger partial charge in [-0.15, -0.1) is 11.3 Å². The third kappa shape index (κ3) is 5.33. The molecule has 9 aromatic carbocycles. The van der Waals surface area contributed by atoms with Crippen molar-refractivity contribution in [1.82, 2.24) is 0 Å². The molecule has 2 heteroatoms. The van der Waals surface area contributed by atoms with Crippen molar-refractivity contribution < 1.29 is 0 Å². The number of fused-ring (bicyclic) bond motifs is 6. The van der Waals surface area contributed by atoms with Gasteiger partial charge in [0.15, 0.2) is 0 Å². The Morgan fingerprint density at radius 2 is 0.769 bits per heavy atom. The molecule has 0 atom stereocenters. The maximum atomic E-state index is 2.37. The van der Waals surface area contributed by atoms with E-state index in [-0.39, 0.29) is 0 Å². The Kier molecular flexibility index (Phi) is 7.41. The van der Waals surface area contributed by atoms with Crippen LogP contribution in [0.3, 0.4) is 0 Å². The summed E-state index contributed by atoms with van der Waals surface area (Å²) in [5, 5.41) is 7.73. The van der Waals surface area contributed by atoms with Gasteiger partial charge in [0.25, 0.3) is 0 Å². The fourth-order valence-electron chi connectivity index (χ4n) is 7.67. The predicted octanol–water partition coefficient (Wildman–Crippen LogP) is 14.8. The monoisotopic (exact) mass is 679 g/mol. The van der Waals surface area contributed by atoms with E-state index < -0.39 is 0 Å². The van der Waals surface area contributed by atoms with Crippen LogP contribution in [0.15, 0.2) is 200 Å². The number of rotatable bonds is 6. The molecule has 0 radical (unpaired) electrons. The number of nitrogens with zero attached hydrogens (tertiary/aromatic N) is 1. The van der Waals surface area contributed by atoms with Crippen LogP contribution < -0.4 is 4.90 Å². The summed E-state index contributed by atoms with van der Waals surface area (Å²) in [5.74, 6) is 0. The minimum absolute atomic E-state index is 1.12. The normalized spacial score (nSPS) is 11.5. The van der Waals surface area contributed by atoms with Crippen molar-refractivity contribution in [1.29, 1.82) is 0 Å². The van der Waals surface area contributed by atoms with Gasteiger partial charge in [-0.1, -0.05) is 146 Å². The molecule has 0 amide bonds. The number of benzene rings is 9. The van der Waals surface area contributed by atoms with Gasteiger partial charge in [-0.3, -0.25) is 0 Å². The SMILES string of the molecule is c1ccc(-c2ccc(N(c3ccc(-c4ccc(-c5cc6ccccc6c6ccccc56)cc4)cc3)c3ccc4sc5ccccc5c4c3)cc2)cc1. The molecule has 1 nitrogen and oxygen atoms in total. The second-order valence-corrected chi connectivity index (χ2v) is 14.4. The van der Waals surface area contributed by atoms with Crippen molar-refractivity contribution in [2.24, 2.45) is 0 Å². The maximum absolute atomic E-state index is 2.37. The van der Waals surface area contributed by atoms with E-state index in [2.05, 4.69) is 205 Å². The first-order chi connectivity index (χ1) is 25.8. The maximum Gasteiger partial charge on any atom is 0.0468 e. The van der Waals surface area contributed by atoms with E-state index in [9.17, 15) is 0 Å². The van der Waals surface area contributed by atoms with Gasteiger partial charge in [-0.25, -0.2) is 0 Å². The van der Waals surface area contributed by atoms with Gasteiger partial charge in [0.1, 0.15) is 0 Å². The molecule has 0 aliphatic carbocycles. The molecule has 0 aliphatic heterocycles. The third-order valence-corrected chi connectivity index (χ3v) is 11.4. The van der Waals surface area contributed by atoms with Gasteiger partial charge in [0.05, 0.1) is 0 Å². The summed E-state index contributed by atoms with van der Waals surface area (Å²) in [6.45, 7) is 0. The van der Waals surface area contributed by atoms with Gasteiger partial charge in [0.2, 0.25) is 0 Å². The summed E-state index contributed by atoms with van der Waals surface area (Å²) in [5.41, 5.74) is 10.7. The standard InChI is InChI=1S/C50H33NS/c1-2-10-34(11-3-1)36-22-26-40(27-23-36)51(42-30-31-50-48(33-42)46-16-8-9-17-49(46)52-50)41-28-24-37(25-29-41)35-18-20-38(21-19-35)47-32-39-12-4-5-13-43(39)44-14-6-7-15-45(44)47/h1-33H. The van der Waals surface area contributed by atoms with Crippen LogP contribution in [0, 0.1) is 0 Å². The lowest BCUT2D eigenvalue weighted by Gasteiger charge is -2.26. The van der Waals surface area contributed by atoms with Crippen molar-refractivity contribution in [3.8, 4) is 33.4 Å². The molecule has 0 spiro atoms. The van der Waals surface area contributed by atoms with Crippen LogP contribution in [0.25, 0.3) is 75.1 Å². The van der Waals surface area contributed by atoms with Crippen LogP contribution in [0.1, 0.15) is 0 Å². The quantitative estimate of drug-likeness (QED) is 0.158. The first-order valence-electron chi connectivity index (χ1n) is 17.8. The number of thiophene rings is 1. The number of hydrogen-bond donors (Lipinski definition) is 0. The summed E-state index contributed by atoms with van der Waals surface area (Å²) >= 11 is 1.85. The van der Waals surface area contributed by atoms with E-state index in [1.54, 1.807) is 0 Å². The van der Waals surface area contributed by atoms with Crippen LogP contribution >= 0.6 is 11.3 Å². The van der Waals surface area contributed by atoms with Crippen molar-refractivity contribution >= 4 is 70.1 Å². The molecule has 1 aromatic heterocycles. The highest BCUT2D eigenvalue weighted by Gasteiger charge is 2.16. The predicted molar refractivity (Wildman–Crippen MR) is 225 cm³/mol. The Bertz CT molecular complexity index is 2870. The molecular formula is C50H33NS. The summed E-state index contributed by atoms with van der Waals surface area (Å²) < 4.78 is 2.62. The zero-order valence-corrected chi connectivity index (χ0v) is 29.2. The number of anilines is 3. The third-order valence-electron chi connectivity index (χ3n) is 10.3. The molecule has 10 rings (SSSR count). The molecule has 244 valence electrons. The average molecular weight is 680 g/mol. The molecule has 0 saturated carbocycles. The zero-order chi connectivity index (χ0) is 34.4. The smallest absolute Gasteiger partial charge is 0.0468 e. The largest absolute Gasteiger partial charge is 0.310 e. The summed E-state index contributed by atoms with van der Waals surface area (Å²) in [6, 6.07) is 72.9. The molecule has 0 bridgehead atoms. The van der Waals surface area contributed by atoms with Crippen LogP contribution in [0.2, 0.25) is 0 Å². The van der Waals surface area contributed by atoms with Crippen LogP contribution in [-0.4, -0.2) is 0 Å². The molecule has 0 fully saturated rings. The first kappa shape index (κ1) is 30.4. The topological polar surface area (TPSA) is 3.24 Å². The fourth-order valence-corrected chi connectivity index (χ4v) is 8.76. The van der Waals surface area contributed by atoms with E-state index in [0.29, 0.717) is 0 Å². The van der Waals surface area contributed by atoms with Gasteiger partial charge in [0, 0.05) is 37.2 Å². The van der Waals surface area contributed by atoms with Crippen LogP contribution in [0.4, 0.5) is 17.1 Å². The Morgan fingerprint density at radius 3 is 1.46 bits per heavy atom. The second kappa shape index (κ2) is 12.7. The molecule has 52 heavy (non-hydrogen) atoms. The summed E-state index contributed by atoms with van der Waals surface area (Å²) in [6.07, 6.45) is 0. The van der Waals surface area contributed by atoms with Gasteiger partial charge < -0.3 is 4.90 Å². The van der Waals surface area contributed by atoms with E-state index in [1.165, 1.54) is 75.1 Å². The highest BCUT2D eigenvalue weighted by atomic mass is 32.1.